The highest BCUT2D eigenvalue weighted by molar-refractivity contribution is 5.48. The Balaban J connectivity index is 2.99. The summed E-state index contributed by atoms with van der Waals surface area (Å²) >= 11 is 0. The minimum atomic E-state index is -2.51. The van der Waals surface area contributed by atoms with E-state index in [1.807, 2.05) is 0 Å². The van der Waals surface area contributed by atoms with Gasteiger partial charge in [0.25, 0.3) is 6.43 Å². The maximum absolute atomic E-state index is 12.5. The Kier molecular flexibility index (Phi) is 3.56. The van der Waals surface area contributed by atoms with E-state index < -0.39 is 12.5 Å². The summed E-state index contributed by atoms with van der Waals surface area (Å²) in [6, 6.07) is 5.78. The zero-order valence-electron chi connectivity index (χ0n) is 7.71. The molecule has 0 aliphatic carbocycles. The minimum Gasteiger partial charge on any atom is -0.352 e. The van der Waals surface area contributed by atoms with Gasteiger partial charge in [-0.2, -0.15) is 0 Å². The van der Waals surface area contributed by atoms with Crippen molar-refractivity contribution in [2.75, 3.05) is 0 Å². The third-order valence-electron chi connectivity index (χ3n) is 2.02. The first-order valence-corrected chi connectivity index (χ1v) is 4.23. The van der Waals surface area contributed by atoms with Crippen molar-refractivity contribution >= 4 is 6.41 Å². The van der Waals surface area contributed by atoms with E-state index in [1.165, 1.54) is 6.07 Å². The zero-order chi connectivity index (χ0) is 10.6. The predicted octanol–water partition coefficient (Wildman–Crippen LogP) is 2.43. The average molecular weight is 199 g/mol. The molecule has 1 amide bonds. The van der Waals surface area contributed by atoms with Gasteiger partial charge in [0.05, 0.1) is 6.04 Å². The summed E-state index contributed by atoms with van der Waals surface area (Å²) in [6.45, 7) is 1.66. The quantitative estimate of drug-likeness (QED) is 0.741. The number of halogens is 2. The number of nitrogens with one attached hydrogen (secondary N) is 1. The van der Waals surface area contributed by atoms with E-state index in [1.54, 1.807) is 25.1 Å². The SMILES string of the molecule is CC(NC=O)c1ccccc1C(F)F. The van der Waals surface area contributed by atoms with Crippen LogP contribution >= 0.6 is 0 Å². The molecule has 0 bridgehead atoms. The second-order valence-electron chi connectivity index (χ2n) is 2.94. The molecule has 76 valence electrons. The van der Waals surface area contributed by atoms with Crippen molar-refractivity contribution in [3.05, 3.63) is 35.4 Å². The highest BCUT2D eigenvalue weighted by Crippen LogP contribution is 2.26. The number of benzene rings is 1. The molecule has 1 aromatic rings. The highest BCUT2D eigenvalue weighted by atomic mass is 19.3. The van der Waals surface area contributed by atoms with Crippen LogP contribution in [0.15, 0.2) is 24.3 Å². The molecule has 0 saturated heterocycles. The molecule has 1 atom stereocenters. The largest absolute Gasteiger partial charge is 0.352 e. The van der Waals surface area contributed by atoms with E-state index in [-0.39, 0.29) is 5.56 Å². The lowest BCUT2D eigenvalue weighted by Gasteiger charge is -2.14. The summed E-state index contributed by atoms with van der Waals surface area (Å²) in [5.41, 5.74) is 0.420. The summed E-state index contributed by atoms with van der Waals surface area (Å²) in [4.78, 5) is 10.2. The molecule has 1 N–H and O–H groups in total. The number of carbonyl (C=O) groups excluding carboxylic acids is 1. The van der Waals surface area contributed by atoms with E-state index in [0.29, 0.717) is 12.0 Å². The lowest BCUT2D eigenvalue weighted by Crippen LogP contribution is -2.17. The van der Waals surface area contributed by atoms with Gasteiger partial charge < -0.3 is 5.32 Å². The maximum Gasteiger partial charge on any atom is 0.264 e. The fourth-order valence-corrected chi connectivity index (χ4v) is 1.30. The zero-order valence-corrected chi connectivity index (χ0v) is 7.71. The normalized spacial score (nSPS) is 12.6. The van der Waals surface area contributed by atoms with Gasteiger partial charge in [0.15, 0.2) is 0 Å². The van der Waals surface area contributed by atoms with Crippen LogP contribution in [0, 0.1) is 0 Å². The molecule has 1 unspecified atom stereocenters. The molecule has 0 radical (unpaired) electrons. The molecule has 0 heterocycles. The smallest absolute Gasteiger partial charge is 0.264 e. The fourth-order valence-electron chi connectivity index (χ4n) is 1.30. The van der Waals surface area contributed by atoms with Gasteiger partial charge in [0.2, 0.25) is 6.41 Å². The first-order valence-electron chi connectivity index (χ1n) is 4.23. The van der Waals surface area contributed by atoms with E-state index >= 15 is 0 Å². The van der Waals surface area contributed by atoms with Crippen LogP contribution in [-0.2, 0) is 4.79 Å². The Morgan fingerprint density at radius 2 is 1.86 bits per heavy atom. The number of hydrogen-bond acceptors (Lipinski definition) is 1. The molecule has 0 aliphatic heterocycles. The Morgan fingerprint density at radius 3 is 2.36 bits per heavy atom. The van der Waals surface area contributed by atoms with Crippen LogP contribution in [0.5, 0.6) is 0 Å². The van der Waals surface area contributed by atoms with Gasteiger partial charge in [-0.3, -0.25) is 4.79 Å². The van der Waals surface area contributed by atoms with Crippen LogP contribution in [0.1, 0.15) is 30.5 Å². The van der Waals surface area contributed by atoms with E-state index in [9.17, 15) is 13.6 Å². The first-order chi connectivity index (χ1) is 6.66. The lowest BCUT2D eigenvalue weighted by molar-refractivity contribution is -0.110. The van der Waals surface area contributed by atoms with Crippen molar-refractivity contribution in [3.8, 4) is 0 Å². The third kappa shape index (κ3) is 2.28. The number of hydrogen-bond donors (Lipinski definition) is 1. The molecule has 1 aromatic carbocycles. The topological polar surface area (TPSA) is 29.1 Å². The number of rotatable bonds is 4. The summed E-state index contributed by atoms with van der Waals surface area (Å²) in [5, 5.41) is 2.44. The van der Waals surface area contributed by atoms with Gasteiger partial charge in [0, 0.05) is 5.56 Å². The summed E-state index contributed by atoms with van der Waals surface area (Å²) in [7, 11) is 0. The third-order valence-corrected chi connectivity index (χ3v) is 2.02. The molecule has 0 aliphatic rings. The molecule has 4 heteroatoms. The number of alkyl halides is 2. The monoisotopic (exact) mass is 199 g/mol. The summed E-state index contributed by atoms with van der Waals surface area (Å²) in [5.74, 6) is 0. The standard InChI is InChI=1S/C10H11F2NO/c1-7(13-6-14)8-4-2-3-5-9(8)10(11)12/h2-7,10H,1H3,(H,13,14). The van der Waals surface area contributed by atoms with Gasteiger partial charge in [-0.1, -0.05) is 24.3 Å². The number of amides is 1. The molecule has 1 rings (SSSR count). The lowest BCUT2D eigenvalue weighted by atomic mass is 10.0. The summed E-state index contributed by atoms with van der Waals surface area (Å²) < 4.78 is 25.0. The molecule has 2 nitrogen and oxygen atoms in total. The van der Waals surface area contributed by atoms with Crippen LogP contribution in [-0.4, -0.2) is 6.41 Å². The van der Waals surface area contributed by atoms with Crippen LogP contribution in [0.25, 0.3) is 0 Å². The van der Waals surface area contributed by atoms with E-state index in [0.717, 1.165) is 0 Å². The van der Waals surface area contributed by atoms with Crippen molar-refractivity contribution < 1.29 is 13.6 Å². The van der Waals surface area contributed by atoms with E-state index in [4.69, 9.17) is 0 Å². The van der Waals surface area contributed by atoms with Gasteiger partial charge in [0.1, 0.15) is 0 Å². The first kappa shape index (κ1) is 10.6. The van der Waals surface area contributed by atoms with Crippen LogP contribution in [0.2, 0.25) is 0 Å². The van der Waals surface area contributed by atoms with Gasteiger partial charge in [-0.25, -0.2) is 8.78 Å². The molecule has 0 fully saturated rings. The second-order valence-corrected chi connectivity index (χ2v) is 2.94. The molecule has 14 heavy (non-hydrogen) atoms. The van der Waals surface area contributed by atoms with E-state index in [2.05, 4.69) is 5.32 Å². The van der Waals surface area contributed by atoms with Gasteiger partial charge >= 0.3 is 0 Å². The van der Waals surface area contributed by atoms with Crippen molar-refractivity contribution in [2.24, 2.45) is 0 Å². The summed E-state index contributed by atoms with van der Waals surface area (Å²) in [6.07, 6.45) is -2.01. The van der Waals surface area contributed by atoms with Crippen molar-refractivity contribution in [3.63, 3.8) is 0 Å². The van der Waals surface area contributed by atoms with Gasteiger partial charge in [-0.05, 0) is 12.5 Å². The van der Waals surface area contributed by atoms with Crippen molar-refractivity contribution in [2.45, 2.75) is 19.4 Å². The molecule has 0 spiro atoms. The Bertz CT molecular complexity index is 315. The molecular weight excluding hydrogens is 188 g/mol. The maximum atomic E-state index is 12.5. The van der Waals surface area contributed by atoms with Gasteiger partial charge in [-0.15, -0.1) is 0 Å². The Morgan fingerprint density at radius 1 is 1.29 bits per heavy atom. The van der Waals surface area contributed by atoms with Crippen molar-refractivity contribution in [1.82, 2.24) is 5.32 Å². The van der Waals surface area contributed by atoms with Crippen LogP contribution in [0.4, 0.5) is 8.78 Å². The predicted molar refractivity (Wildman–Crippen MR) is 49.0 cm³/mol. The molecular formula is C10H11F2NO. The van der Waals surface area contributed by atoms with Crippen molar-refractivity contribution in [1.29, 1.82) is 0 Å². The average Bonchev–Trinajstić information content (AvgIpc) is 2.18. The Labute approximate surface area is 80.9 Å². The Hall–Kier alpha value is -1.45. The highest BCUT2D eigenvalue weighted by Gasteiger charge is 2.15. The second kappa shape index (κ2) is 4.69. The number of carbonyl (C=O) groups is 1. The molecule has 0 saturated carbocycles. The van der Waals surface area contributed by atoms with Crippen LogP contribution < -0.4 is 5.32 Å². The fraction of sp³-hybridized carbons (Fsp3) is 0.300. The molecule has 0 aromatic heterocycles. The van der Waals surface area contributed by atoms with Crippen LogP contribution in [0.3, 0.4) is 0 Å². The minimum absolute atomic E-state index is 0.0330.